The van der Waals surface area contributed by atoms with E-state index in [0.29, 0.717) is 9.13 Å². The van der Waals surface area contributed by atoms with Crippen LogP contribution < -0.4 is 0 Å². The molecule has 86 valence electrons. The highest BCUT2D eigenvalue weighted by Crippen LogP contribution is 2.26. The predicted molar refractivity (Wildman–Crippen MR) is 70.0 cm³/mol. The lowest BCUT2D eigenvalue weighted by Gasteiger charge is -2.05. The Bertz CT molecular complexity index is 485. The number of hydrogen-bond acceptors (Lipinski definition) is 3. The molecular formula is C12H14O2S2. The Balaban J connectivity index is 3.20. The average molecular weight is 254 g/mol. The topological polar surface area (TPSA) is 34.1 Å². The van der Waals surface area contributed by atoms with E-state index in [0.717, 1.165) is 0 Å². The third-order valence-electron chi connectivity index (χ3n) is 1.94. The van der Waals surface area contributed by atoms with Crippen molar-refractivity contribution in [2.75, 3.05) is 6.26 Å². The van der Waals surface area contributed by atoms with Crippen LogP contribution in [0, 0.1) is 0 Å². The maximum Gasteiger partial charge on any atom is 0.212 e. The van der Waals surface area contributed by atoms with Gasteiger partial charge in [-0.2, -0.15) is 0 Å². The number of thioether (sulfide) groups is 1. The Morgan fingerprint density at radius 1 is 1.25 bits per heavy atom. The van der Waals surface area contributed by atoms with Crippen LogP contribution >= 0.6 is 11.8 Å². The molecule has 1 aromatic rings. The summed E-state index contributed by atoms with van der Waals surface area (Å²) in [6.45, 7) is 1.85. The Kier molecular flexibility index (Phi) is 4.83. The lowest BCUT2D eigenvalue weighted by atomic mass is 10.4. The first-order valence-electron chi connectivity index (χ1n) is 4.80. The minimum Gasteiger partial charge on any atom is -0.218 e. The van der Waals surface area contributed by atoms with Crippen molar-refractivity contribution in [2.45, 2.75) is 11.8 Å². The highest BCUT2D eigenvalue weighted by Gasteiger charge is 2.18. The standard InChI is InChI=1S/C12H14O2S2/c1-3-4-10-12(15-2)16(13,14)11-8-6-5-7-9-11/h3-10H,1-2H3/b4-3+,12-10+. The van der Waals surface area contributed by atoms with E-state index in [-0.39, 0.29) is 0 Å². The molecule has 2 nitrogen and oxygen atoms in total. The number of hydrogen-bond donors (Lipinski definition) is 0. The summed E-state index contributed by atoms with van der Waals surface area (Å²) in [5.41, 5.74) is 0. The lowest BCUT2D eigenvalue weighted by molar-refractivity contribution is 0.604. The van der Waals surface area contributed by atoms with Crippen LogP contribution in [0.2, 0.25) is 0 Å². The summed E-state index contributed by atoms with van der Waals surface area (Å²) >= 11 is 1.23. The van der Waals surface area contributed by atoms with Gasteiger partial charge in [0.2, 0.25) is 9.84 Å². The highest BCUT2D eigenvalue weighted by atomic mass is 32.3. The van der Waals surface area contributed by atoms with Crippen LogP contribution in [0.5, 0.6) is 0 Å². The van der Waals surface area contributed by atoms with Crippen LogP contribution in [0.1, 0.15) is 6.92 Å². The second kappa shape index (κ2) is 5.92. The summed E-state index contributed by atoms with van der Waals surface area (Å²) in [5, 5.41) is 0. The average Bonchev–Trinajstić information content (AvgIpc) is 2.31. The molecule has 0 aliphatic heterocycles. The SMILES string of the molecule is C/C=C/C=C(\SC)S(=O)(=O)c1ccccc1. The van der Waals surface area contributed by atoms with Crippen molar-refractivity contribution in [3.05, 3.63) is 52.8 Å². The molecule has 0 unspecified atom stereocenters. The highest BCUT2D eigenvalue weighted by molar-refractivity contribution is 8.18. The molecular weight excluding hydrogens is 240 g/mol. The molecule has 0 atom stereocenters. The van der Waals surface area contributed by atoms with Gasteiger partial charge in [0.25, 0.3) is 0 Å². The third kappa shape index (κ3) is 3.00. The largest absolute Gasteiger partial charge is 0.218 e. The van der Waals surface area contributed by atoms with E-state index in [1.54, 1.807) is 54.8 Å². The van der Waals surface area contributed by atoms with Crippen molar-refractivity contribution in [1.82, 2.24) is 0 Å². The summed E-state index contributed by atoms with van der Waals surface area (Å²) in [6.07, 6.45) is 6.91. The first kappa shape index (κ1) is 13.1. The van der Waals surface area contributed by atoms with Gasteiger partial charge in [0.15, 0.2) is 0 Å². The second-order valence-corrected chi connectivity index (χ2v) is 6.06. The van der Waals surface area contributed by atoms with Gasteiger partial charge in [0.1, 0.15) is 4.24 Å². The zero-order valence-corrected chi connectivity index (χ0v) is 10.9. The molecule has 0 aromatic heterocycles. The van der Waals surface area contributed by atoms with E-state index in [1.807, 2.05) is 6.92 Å². The molecule has 0 heterocycles. The molecule has 0 spiro atoms. The van der Waals surface area contributed by atoms with Gasteiger partial charge < -0.3 is 0 Å². The minimum atomic E-state index is -3.35. The van der Waals surface area contributed by atoms with E-state index in [2.05, 4.69) is 0 Å². The fourth-order valence-corrected chi connectivity index (χ4v) is 3.54. The van der Waals surface area contributed by atoms with Gasteiger partial charge in [-0.25, -0.2) is 8.42 Å². The first-order chi connectivity index (χ1) is 7.62. The Hall–Kier alpha value is -1.00. The third-order valence-corrected chi connectivity index (χ3v) is 5.20. The molecule has 0 N–H and O–H groups in total. The number of sulfone groups is 1. The minimum absolute atomic E-state index is 0.333. The normalized spacial score (nSPS) is 13.2. The number of rotatable bonds is 4. The van der Waals surface area contributed by atoms with Crippen molar-refractivity contribution in [1.29, 1.82) is 0 Å². The summed E-state index contributed by atoms with van der Waals surface area (Å²) in [4.78, 5) is 0.333. The number of allylic oxidation sites excluding steroid dienone is 3. The second-order valence-electron chi connectivity index (χ2n) is 3.03. The molecule has 4 heteroatoms. The molecule has 0 fully saturated rings. The van der Waals surface area contributed by atoms with Crippen molar-refractivity contribution < 1.29 is 8.42 Å². The molecule has 0 bridgehead atoms. The molecule has 0 saturated carbocycles. The van der Waals surface area contributed by atoms with Gasteiger partial charge in [-0.3, -0.25) is 0 Å². The maximum atomic E-state index is 12.1. The van der Waals surface area contributed by atoms with Gasteiger partial charge in [0.05, 0.1) is 4.90 Å². The van der Waals surface area contributed by atoms with Crippen LogP contribution in [0.3, 0.4) is 0 Å². The molecule has 0 aliphatic rings. The van der Waals surface area contributed by atoms with E-state index in [1.165, 1.54) is 11.8 Å². The quantitative estimate of drug-likeness (QED) is 0.774. The monoisotopic (exact) mass is 254 g/mol. The van der Waals surface area contributed by atoms with Gasteiger partial charge in [-0.05, 0) is 31.4 Å². The van der Waals surface area contributed by atoms with Crippen LogP contribution in [0.25, 0.3) is 0 Å². The van der Waals surface area contributed by atoms with Gasteiger partial charge in [-0.1, -0.05) is 30.4 Å². The van der Waals surface area contributed by atoms with E-state index in [4.69, 9.17) is 0 Å². The van der Waals surface area contributed by atoms with Crippen molar-refractivity contribution in [3.8, 4) is 0 Å². The smallest absolute Gasteiger partial charge is 0.212 e. The molecule has 0 saturated heterocycles. The molecule has 0 amide bonds. The number of benzene rings is 1. The van der Waals surface area contributed by atoms with Crippen LogP contribution in [0.15, 0.2) is 57.7 Å². The molecule has 16 heavy (non-hydrogen) atoms. The van der Waals surface area contributed by atoms with Crippen molar-refractivity contribution in [2.24, 2.45) is 0 Å². The van der Waals surface area contributed by atoms with Crippen LogP contribution in [0.4, 0.5) is 0 Å². The summed E-state index contributed by atoms with van der Waals surface area (Å²) in [6, 6.07) is 8.46. The van der Waals surface area contributed by atoms with E-state index >= 15 is 0 Å². The molecule has 1 aromatic carbocycles. The Morgan fingerprint density at radius 3 is 2.38 bits per heavy atom. The zero-order valence-electron chi connectivity index (χ0n) is 9.25. The fourth-order valence-electron chi connectivity index (χ4n) is 1.16. The van der Waals surface area contributed by atoms with Gasteiger partial charge in [-0.15, -0.1) is 11.8 Å². The Morgan fingerprint density at radius 2 is 1.88 bits per heavy atom. The maximum absolute atomic E-state index is 12.1. The predicted octanol–water partition coefficient (Wildman–Crippen LogP) is 3.24. The summed E-state index contributed by atoms with van der Waals surface area (Å²) in [7, 11) is -3.35. The molecule has 0 radical (unpaired) electrons. The van der Waals surface area contributed by atoms with Crippen molar-refractivity contribution >= 4 is 21.6 Å². The van der Waals surface area contributed by atoms with Gasteiger partial charge >= 0.3 is 0 Å². The lowest BCUT2D eigenvalue weighted by Crippen LogP contribution is -2.01. The molecule has 0 aliphatic carbocycles. The Labute approximate surface area is 101 Å². The zero-order chi connectivity index (χ0) is 12.0. The fraction of sp³-hybridized carbons (Fsp3) is 0.167. The van der Waals surface area contributed by atoms with Crippen LogP contribution in [-0.4, -0.2) is 14.7 Å². The summed E-state index contributed by atoms with van der Waals surface area (Å²) in [5.74, 6) is 0. The first-order valence-corrected chi connectivity index (χ1v) is 7.51. The summed E-state index contributed by atoms with van der Waals surface area (Å²) < 4.78 is 24.7. The van der Waals surface area contributed by atoms with Gasteiger partial charge in [0, 0.05) is 0 Å². The molecule has 1 rings (SSSR count). The van der Waals surface area contributed by atoms with Crippen molar-refractivity contribution in [3.63, 3.8) is 0 Å². The van der Waals surface area contributed by atoms with E-state index < -0.39 is 9.84 Å². The van der Waals surface area contributed by atoms with E-state index in [9.17, 15) is 8.42 Å². The van der Waals surface area contributed by atoms with Crippen LogP contribution in [-0.2, 0) is 9.84 Å².